The summed E-state index contributed by atoms with van der Waals surface area (Å²) in [5.41, 5.74) is 2.46. The number of phenolic OH excluding ortho intramolecular Hbond substituents is 1. The molecule has 0 atom stereocenters. The van der Waals surface area contributed by atoms with Crippen LogP contribution in [0.5, 0.6) is 5.75 Å². The lowest BCUT2D eigenvalue weighted by molar-refractivity contribution is -0.136. The van der Waals surface area contributed by atoms with Gasteiger partial charge in [-0.25, -0.2) is 0 Å². The largest absolute Gasteiger partial charge is 0.508 e. The number of aromatic nitrogens is 1. The fourth-order valence-corrected chi connectivity index (χ4v) is 3.58. The van der Waals surface area contributed by atoms with Gasteiger partial charge in [0.05, 0.1) is 11.1 Å². The van der Waals surface area contributed by atoms with Crippen LogP contribution in [0.2, 0.25) is 0 Å². The normalized spacial score (nSPS) is 11.7. The van der Waals surface area contributed by atoms with Crippen LogP contribution in [-0.2, 0) is 19.0 Å². The van der Waals surface area contributed by atoms with Gasteiger partial charge in [-0.15, -0.1) is 0 Å². The van der Waals surface area contributed by atoms with Crippen molar-refractivity contribution >= 4 is 10.9 Å². The summed E-state index contributed by atoms with van der Waals surface area (Å²) < 4.78 is 40.5. The maximum atomic E-state index is 13.5. The highest BCUT2D eigenvalue weighted by Crippen LogP contribution is 2.36. The minimum Gasteiger partial charge on any atom is -0.508 e. The molecule has 1 aromatic heterocycles. The van der Waals surface area contributed by atoms with Crippen molar-refractivity contribution in [3.05, 3.63) is 107 Å². The van der Waals surface area contributed by atoms with Crippen molar-refractivity contribution in [1.82, 2.24) is 4.98 Å². The highest BCUT2D eigenvalue weighted by molar-refractivity contribution is 5.87. The first-order valence-corrected chi connectivity index (χ1v) is 9.21. The highest BCUT2D eigenvalue weighted by Gasteiger charge is 2.33. The molecule has 0 saturated carbocycles. The van der Waals surface area contributed by atoms with E-state index in [9.17, 15) is 18.3 Å². The van der Waals surface area contributed by atoms with E-state index in [1.807, 2.05) is 30.3 Å². The second kappa shape index (κ2) is 7.59. The standard InChI is InChI=1S/C24H18F3NO/c25-24(26,27)21-11-6-10-19-20(14-17-9-4-5-12-22(17)29)18(15-28-23(19)21)13-16-7-2-1-3-8-16/h1-12,15,29H,13-14H2. The molecule has 4 aromatic rings. The number of hydrogen-bond donors (Lipinski definition) is 1. The van der Waals surface area contributed by atoms with Crippen LogP contribution in [0.25, 0.3) is 10.9 Å². The molecule has 0 saturated heterocycles. The zero-order valence-corrected chi connectivity index (χ0v) is 15.4. The smallest absolute Gasteiger partial charge is 0.418 e. The molecular formula is C24H18F3NO. The SMILES string of the molecule is Oc1ccccc1Cc1c(Cc2ccccc2)cnc2c(C(F)(F)F)cccc12. The highest BCUT2D eigenvalue weighted by atomic mass is 19.4. The summed E-state index contributed by atoms with van der Waals surface area (Å²) in [4.78, 5) is 4.19. The molecule has 146 valence electrons. The van der Waals surface area contributed by atoms with E-state index in [0.717, 1.165) is 22.8 Å². The van der Waals surface area contributed by atoms with Gasteiger partial charge in [0.2, 0.25) is 0 Å². The van der Waals surface area contributed by atoms with Gasteiger partial charge >= 0.3 is 6.18 Å². The molecule has 4 rings (SSSR count). The van der Waals surface area contributed by atoms with Gasteiger partial charge in [0.25, 0.3) is 0 Å². The van der Waals surface area contributed by atoms with Gasteiger partial charge < -0.3 is 5.11 Å². The Morgan fingerprint density at radius 1 is 0.759 bits per heavy atom. The van der Waals surface area contributed by atoms with E-state index in [4.69, 9.17) is 0 Å². The Bertz CT molecular complexity index is 1150. The number of halogens is 3. The molecule has 5 heteroatoms. The van der Waals surface area contributed by atoms with Crippen molar-refractivity contribution < 1.29 is 18.3 Å². The molecule has 0 bridgehead atoms. The predicted molar refractivity (Wildman–Crippen MR) is 107 cm³/mol. The fourth-order valence-electron chi connectivity index (χ4n) is 3.58. The Morgan fingerprint density at radius 3 is 2.21 bits per heavy atom. The molecule has 0 unspecified atom stereocenters. The number of pyridine rings is 1. The van der Waals surface area contributed by atoms with Gasteiger partial charge in [-0.2, -0.15) is 13.2 Å². The Balaban J connectivity index is 1.91. The van der Waals surface area contributed by atoms with Crippen LogP contribution < -0.4 is 0 Å². The second-order valence-electron chi connectivity index (χ2n) is 6.93. The van der Waals surface area contributed by atoms with Gasteiger partial charge in [0.1, 0.15) is 5.75 Å². The second-order valence-corrected chi connectivity index (χ2v) is 6.93. The third-order valence-electron chi connectivity index (χ3n) is 5.00. The molecule has 0 aliphatic heterocycles. The zero-order chi connectivity index (χ0) is 20.4. The average Bonchev–Trinajstić information content (AvgIpc) is 2.71. The van der Waals surface area contributed by atoms with Gasteiger partial charge in [0, 0.05) is 18.0 Å². The van der Waals surface area contributed by atoms with E-state index in [2.05, 4.69) is 4.98 Å². The molecule has 0 fully saturated rings. The number of benzene rings is 3. The molecule has 1 heterocycles. The number of phenols is 1. The quantitative estimate of drug-likeness (QED) is 0.452. The van der Waals surface area contributed by atoms with Gasteiger partial charge in [0.15, 0.2) is 0 Å². The summed E-state index contributed by atoms with van der Waals surface area (Å²) in [6.07, 6.45) is -2.10. The van der Waals surface area contributed by atoms with Crippen molar-refractivity contribution in [2.75, 3.05) is 0 Å². The number of nitrogens with zero attached hydrogens (tertiary/aromatic N) is 1. The van der Waals surface area contributed by atoms with Crippen LogP contribution in [0, 0.1) is 0 Å². The lowest BCUT2D eigenvalue weighted by Gasteiger charge is -2.16. The van der Waals surface area contributed by atoms with Gasteiger partial charge in [-0.05, 0) is 40.8 Å². The van der Waals surface area contributed by atoms with Crippen molar-refractivity contribution in [3.63, 3.8) is 0 Å². The zero-order valence-electron chi connectivity index (χ0n) is 15.4. The molecule has 0 spiro atoms. The van der Waals surface area contributed by atoms with Crippen molar-refractivity contribution in [1.29, 1.82) is 0 Å². The summed E-state index contributed by atoms with van der Waals surface area (Å²) in [6.45, 7) is 0. The molecule has 0 radical (unpaired) electrons. The summed E-state index contributed by atoms with van der Waals surface area (Å²) in [7, 11) is 0. The molecule has 0 amide bonds. The van der Waals surface area contributed by atoms with E-state index >= 15 is 0 Å². The number of aromatic hydroxyl groups is 1. The molecule has 3 aromatic carbocycles. The number of rotatable bonds is 4. The third kappa shape index (κ3) is 3.94. The number of para-hydroxylation sites is 2. The van der Waals surface area contributed by atoms with Crippen molar-refractivity contribution in [2.45, 2.75) is 19.0 Å². The Labute approximate surface area is 166 Å². The van der Waals surface area contributed by atoms with Gasteiger partial charge in [-0.1, -0.05) is 60.7 Å². The maximum Gasteiger partial charge on any atom is 0.418 e. The van der Waals surface area contributed by atoms with Crippen molar-refractivity contribution in [3.8, 4) is 5.75 Å². The first-order valence-electron chi connectivity index (χ1n) is 9.21. The van der Waals surface area contributed by atoms with E-state index in [-0.39, 0.29) is 11.3 Å². The molecule has 2 nitrogen and oxygen atoms in total. The average molecular weight is 393 g/mol. The summed E-state index contributed by atoms with van der Waals surface area (Å²) in [5, 5.41) is 10.7. The first kappa shape index (κ1) is 19.0. The first-order chi connectivity index (χ1) is 13.9. The van der Waals surface area contributed by atoms with E-state index in [1.165, 1.54) is 12.3 Å². The summed E-state index contributed by atoms with van der Waals surface area (Å²) in [5.74, 6) is 0.120. The molecule has 0 aliphatic carbocycles. The van der Waals surface area contributed by atoms with Gasteiger partial charge in [-0.3, -0.25) is 4.98 Å². The van der Waals surface area contributed by atoms with Crippen LogP contribution in [0.1, 0.15) is 27.8 Å². The van der Waals surface area contributed by atoms with E-state index in [1.54, 1.807) is 30.3 Å². The van der Waals surface area contributed by atoms with E-state index < -0.39 is 11.7 Å². The Hall–Kier alpha value is -3.34. The molecule has 29 heavy (non-hydrogen) atoms. The lowest BCUT2D eigenvalue weighted by atomic mass is 9.92. The number of hydrogen-bond acceptors (Lipinski definition) is 2. The topological polar surface area (TPSA) is 33.1 Å². The molecule has 1 N–H and O–H groups in total. The van der Waals surface area contributed by atoms with Crippen LogP contribution in [-0.4, -0.2) is 10.1 Å². The molecular weight excluding hydrogens is 375 g/mol. The predicted octanol–water partition coefficient (Wildman–Crippen LogP) is 6.14. The maximum absolute atomic E-state index is 13.5. The summed E-state index contributed by atoms with van der Waals surface area (Å²) >= 11 is 0. The summed E-state index contributed by atoms with van der Waals surface area (Å²) in [6, 6.07) is 20.7. The lowest BCUT2D eigenvalue weighted by Crippen LogP contribution is -2.08. The van der Waals surface area contributed by atoms with E-state index in [0.29, 0.717) is 23.8 Å². The van der Waals surface area contributed by atoms with Crippen LogP contribution in [0.15, 0.2) is 79.0 Å². The number of fused-ring (bicyclic) bond motifs is 1. The Kier molecular flexibility index (Phi) is 4.97. The number of alkyl halides is 3. The minimum absolute atomic E-state index is 0.0674. The minimum atomic E-state index is -4.49. The Morgan fingerprint density at radius 2 is 1.48 bits per heavy atom. The monoisotopic (exact) mass is 393 g/mol. The van der Waals surface area contributed by atoms with Crippen molar-refractivity contribution in [2.24, 2.45) is 0 Å². The fraction of sp³-hybridized carbons (Fsp3) is 0.125. The molecule has 0 aliphatic rings. The third-order valence-corrected chi connectivity index (χ3v) is 5.00. The van der Waals surface area contributed by atoms with Crippen LogP contribution in [0.3, 0.4) is 0 Å². The van der Waals surface area contributed by atoms with Crippen LogP contribution >= 0.6 is 0 Å². The van der Waals surface area contributed by atoms with Crippen LogP contribution in [0.4, 0.5) is 13.2 Å².